The molecule has 0 radical (unpaired) electrons. The normalized spacial score (nSPS) is 18.6. The molecule has 4 aromatic heterocycles. The lowest BCUT2D eigenvalue weighted by Gasteiger charge is -2.36. The second-order valence-corrected chi connectivity index (χ2v) is 42.0. The lowest BCUT2D eigenvalue weighted by atomic mass is 9.90. The number of benzene rings is 4. The van der Waals surface area contributed by atoms with E-state index in [1.54, 1.807) is 59.2 Å². The van der Waals surface area contributed by atoms with Crippen LogP contribution in [0, 0.1) is 103 Å². The number of alkyl halides is 3. The number of carbonyl (C=O) groups is 8. The van der Waals surface area contributed by atoms with Gasteiger partial charge in [0.1, 0.15) is 25.3 Å². The van der Waals surface area contributed by atoms with Gasteiger partial charge in [0.25, 0.3) is 23.6 Å². The minimum atomic E-state index is -4.54. The maximum Gasteiger partial charge on any atom is 0.416 e. The number of aliphatic hydroxyl groups excluding tert-OH is 4. The summed E-state index contributed by atoms with van der Waals surface area (Å²) in [7, 11) is 0. The highest BCUT2D eigenvalue weighted by Crippen LogP contribution is 2.44. The predicted molar refractivity (Wildman–Crippen MR) is 505 cm³/mol. The van der Waals surface area contributed by atoms with Gasteiger partial charge in [0.05, 0.1) is 88.4 Å². The molecule has 4 aromatic carbocycles. The maximum absolute atomic E-state index is 14.7. The molecule has 692 valence electrons. The Morgan fingerprint density at radius 3 is 0.862 bits per heavy atom. The van der Waals surface area contributed by atoms with Crippen molar-refractivity contribution in [3.63, 3.8) is 0 Å². The summed E-state index contributed by atoms with van der Waals surface area (Å²) in [6, 6.07) is 24.6. The van der Waals surface area contributed by atoms with E-state index in [2.05, 4.69) is 47.4 Å². The van der Waals surface area contributed by atoms with E-state index in [4.69, 9.17) is 11.6 Å². The van der Waals surface area contributed by atoms with Gasteiger partial charge in [-0.15, -0.1) is 45.3 Å². The topological polar surface area (TPSA) is 311 Å². The highest BCUT2D eigenvalue weighted by molar-refractivity contribution is 7.16. The molecule has 130 heavy (non-hydrogen) atoms. The second kappa shape index (κ2) is 43.7. The van der Waals surface area contributed by atoms with E-state index in [9.17, 15) is 96.8 Å². The first-order valence-corrected chi connectivity index (χ1v) is 46.7. The van der Waals surface area contributed by atoms with Crippen LogP contribution in [-0.2, 0) is 6.18 Å². The first-order chi connectivity index (χ1) is 60.6. The molecular weight excluding hydrogens is 1760 g/mol. The van der Waals surface area contributed by atoms with E-state index in [0.717, 1.165) is 86.3 Å². The molecule has 0 unspecified atom stereocenters. The number of aromatic carboxylic acids is 4. The molecule has 4 aliphatic rings. The number of hydrogen-bond acceptors (Lipinski definition) is 16. The van der Waals surface area contributed by atoms with Crippen molar-refractivity contribution in [2.75, 3.05) is 19.6 Å². The van der Waals surface area contributed by atoms with Gasteiger partial charge >= 0.3 is 30.1 Å². The van der Waals surface area contributed by atoms with Crippen LogP contribution in [0.1, 0.15) is 313 Å². The van der Waals surface area contributed by atoms with Crippen LogP contribution in [-0.4, -0.2) is 137 Å². The minimum absolute atomic E-state index is 0.00444. The summed E-state index contributed by atoms with van der Waals surface area (Å²) in [4.78, 5) is 111. The van der Waals surface area contributed by atoms with Gasteiger partial charge in [0.2, 0.25) is 0 Å². The lowest BCUT2D eigenvalue weighted by molar-refractivity contribution is -0.137. The van der Waals surface area contributed by atoms with Gasteiger partial charge in [-0.3, -0.25) is 19.2 Å². The number of halogens is 5. The van der Waals surface area contributed by atoms with Gasteiger partial charge in [-0.05, 0) is 309 Å². The van der Waals surface area contributed by atoms with Crippen LogP contribution in [0.4, 0.5) is 40.3 Å². The van der Waals surface area contributed by atoms with Gasteiger partial charge in [0.15, 0.2) is 0 Å². The van der Waals surface area contributed by atoms with E-state index in [0.29, 0.717) is 155 Å². The number of thiophene rings is 4. The minimum Gasteiger partial charge on any atom is -0.477 e. The molecule has 4 amide bonds. The third-order valence-electron chi connectivity index (χ3n) is 21.7. The number of hydrogen-bond donors (Lipinski definition) is 8. The Hall–Kier alpha value is -10.5. The van der Waals surface area contributed by atoms with Crippen LogP contribution >= 0.6 is 56.9 Å². The highest BCUT2D eigenvalue weighted by atomic mass is 35.5. The number of aryl methyl sites for hydroxylation is 4. The molecule has 0 spiro atoms. The van der Waals surface area contributed by atoms with Crippen LogP contribution < -0.4 is 19.6 Å². The van der Waals surface area contributed by atoms with Crippen LogP contribution in [0.2, 0.25) is 5.02 Å². The SMILES string of the molecule is CC(C)(C)C#Cc1cc(N(C(=O)c2ccc(C(F)(F)F)cc2)C2CCC(O)CC2)c(C(=O)O)s1.Cc1ccc(C(=O)N(c2cc(C#CC(C)(C)C)sc2C(=O)O)C2CCC(O)CC2)c(C)c1.Cc1ccc(C(=O)N(c2cc(C#CC(C)(C)C)sc2C(=O)O)C2CCC(O)CC2)c(Cl)c1.Cc1ccc(C(=O)N(c2cc(C#CC(C)(C)C)sc2C(=O)O)C2CCC(O)CC2)c(F)c1. The van der Waals surface area contributed by atoms with E-state index in [1.807, 2.05) is 128 Å². The molecule has 12 rings (SSSR count). The second-order valence-electron chi connectivity index (χ2n) is 37.4. The number of amides is 4. The molecule has 4 heterocycles. The van der Waals surface area contributed by atoms with Crippen LogP contribution in [0.3, 0.4) is 0 Å². The van der Waals surface area contributed by atoms with E-state index in [-0.39, 0.29) is 99.7 Å². The highest BCUT2D eigenvalue weighted by Gasteiger charge is 2.41. The van der Waals surface area contributed by atoms with Crippen molar-refractivity contribution in [3.8, 4) is 47.4 Å². The summed E-state index contributed by atoms with van der Waals surface area (Å²) < 4.78 is 53.6. The molecular formula is C101H113ClF4N4O16S4. The van der Waals surface area contributed by atoms with Crippen molar-refractivity contribution in [3.05, 3.63) is 203 Å². The van der Waals surface area contributed by atoms with E-state index in [1.165, 1.54) is 21.9 Å². The first kappa shape index (κ1) is 103. The molecule has 20 nitrogen and oxygen atoms in total. The zero-order chi connectivity index (χ0) is 96.1. The monoisotopic (exact) mass is 1880 g/mol. The fourth-order valence-corrected chi connectivity index (χ4v) is 18.9. The van der Waals surface area contributed by atoms with Crippen molar-refractivity contribution in [2.24, 2.45) is 21.7 Å². The summed E-state index contributed by atoms with van der Waals surface area (Å²) in [5.41, 5.74) is 3.55. The zero-order valence-corrected chi connectivity index (χ0v) is 79.9. The van der Waals surface area contributed by atoms with Crippen molar-refractivity contribution < 1.29 is 96.8 Å². The summed E-state index contributed by atoms with van der Waals surface area (Å²) in [5.74, 6) is 17.6. The summed E-state index contributed by atoms with van der Waals surface area (Å²) in [6.45, 7) is 31.0. The van der Waals surface area contributed by atoms with Gasteiger partial charge in [0, 0.05) is 57.0 Å². The largest absolute Gasteiger partial charge is 0.477 e. The molecule has 4 fully saturated rings. The average molecular weight is 1880 g/mol. The van der Waals surface area contributed by atoms with Gasteiger partial charge in [-0.1, -0.05) is 88.8 Å². The number of anilines is 4. The Morgan fingerprint density at radius 2 is 0.600 bits per heavy atom. The number of aliphatic hydroxyl groups is 4. The van der Waals surface area contributed by atoms with E-state index < -0.39 is 77.6 Å². The lowest BCUT2D eigenvalue weighted by Crippen LogP contribution is -2.44. The third-order valence-corrected chi connectivity index (χ3v) is 26.1. The standard InChI is InChI=1S/C26H31NO4S.C25H28ClNO4S.C25H26F3NO4S.C25H28FNO4S/c1-16-6-11-21(17(2)14-16)24(29)27(18-7-9-19(28)10-8-18)22-15-20(12-13-26(3,4)5)32-23(22)25(30)31;1-15-5-10-19(20(26)13-15)23(29)27(16-6-8-17(28)9-7-16)21-14-18(11-12-25(2,3)4)32-22(21)24(30)31;1-24(2,3)13-12-19-14-20(21(34-19)23(32)33)29(17-8-10-18(30)11-9-17)22(31)15-4-6-16(7-5-15)25(26,27)28;1-15-5-10-19(20(26)13-15)23(29)27(16-6-8-17(28)9-7-16)21-14-18(11-12-25(2,3)4)32-22(21)24(30)31/h6,11,14-15,18-19,28H,7-10H2,1-5H3,(H,30,31);5,10,13-14,16-17,28H,6-9H2,1-4H3,(H,30,31);4-7,14,17-18,30H,8-11H2,1-3H3,(H,32,33);5,10,13-14,16-17,28H,6-9H2,1-4H3,(H,30,31). The molecule has 4 aliphatic carbocycles. The molecule has 29 heteroatoms. The Morgan fingerprint density at radius 1 is 0.346 bits per heavy atom. The first-order valence-electron chi connectivity index (χ1n) is 43.1. The fourth-order valence-electron chi connectivity index (χ4n) is 15.2. The Balaban J connectivity index is 0.000000195. The van der Waals surface area contributed by atoms with Crippen molar-refractivity contribution in [2.45, 2.75) is 268 Å². The number of nitrogens with zero attached hydrogens (tertiary/aromatic N) is 4. The number of rotatable bonds is 16. The summed E-state index contributed by atoms with van der Waals surface area (Å²) in [6.07, 6.45) is 2.14. The van der Waals surface area contributed by atoms with E-state index >= 15 is 0 Å². The number of carboxylic acids is 4. The molecule has 0 atom stereocenters. The number of carbonyl (C=O) groups excluding carboxylic acids is 4. The molecule has 8 aromatic rings. The molecule has 0 aliphatic heterocycles. The molecule has 0 bridgehead atoms. The Kier molecular flexibility index (Phi) is 34.7. The van der Waals surface area contributed by atoms with Crippen LogP contribution in [0.5, 0.6) is 0 Å². The van der Waals surface area contributed by atoms with Crippen LogP contribution in [0.15, 0.2) is 103 Å². The maximum atomic E-state index is 14.7. The smallest absolute Gasteiger partial charge is 0.416 e. The summed E-state index contributed by atoms with van der Waals surface area (Å²) in [5, 5.41) is 79.6. The third kappa shape index (κ3) is 28.5. The molecule has 8 N–H and O–H groups in total. The molecule has 0 saturated heterocycles. The average Bonchev–Trinajstić information content (AvgIpc) is 1.69. The van der Waals surface area contributed by atoms with Crippen molar-refractivity contribution >= 4 is 127 Å². The van der Waals surface area contributed by atoms with Gasteiger partial charge < -0.3 is 60.5 Å². The number of carboxylic acid groups (broad SMARTS) is 4. The Bertz CT molecular complexity index is 5350. The fraction of sp³-hybridized carbons (Fsp3) is 0.446. The van der Waals surface area contributed by atoms with Crippen molar-refractivity contribution in [1.82, 2.24) is 0 Å². The molecule has 4 saturated carbocycles. The summed E-state index contributed by atoms with van der Waals surface area (Å²) >= 11 is 10.5. The predicted octanol–water partition coefficient (Wildman–Crippen LogP) is 22.2. The van der Waals surface area contributed by atoms with Crippen molar-refractivity contribution in [1.29, 1.82) is 0 Å². The van der Waals surface area contributed by atoms with Gasteiger partial charge in [-0.25, -0.2) is 23.6 Å². The quantitative estimate of drug-likeness (QED) is 0.0329. The van der Waals surface area contributed by atoms with Gasteiger partial charge in [-0.2, -0.15) is 13.2 Å². The zero-order valence-electron chi connectivity index (χ0n) is 75.9. The Labute approximate surface area is 778 Å². The van der Waals surface area contributed by atoms with Crippen LogP contribution in [0.25, 0.3) is 0 Å².